The fourth-order valence-corrected chi connectivity index (χ4v) is 9.19. The van der Waals surface area contributed by atoms with E-state index in [-0.39, 0.29) is 5.92 Å². The van der Waals surface area contributed by atoms with Crippen molar-refractivity contribution in [1.82, 2.24) is 14.5 Å². The van der Waals surface area contributed by atoms with Gasteiger partial charge in [0.15, 0.2) is 5.82 Å². The van der Waals surface area contributed by atoms with Crippen LogP contribution in [0, 0.1) is 0 Å². The zero-order valence-corrected chi connectivity index (χ0v) is 31.5. The molecule has 0 amide bonds. The minimum Gasteiger partial charge on any atom is -0.456 e. The monoisotopic (exact) mass is 741 g/mol. The van der Waals surface area contributed by atoms with Crippen LogP contribution in [-0.2, 0) is 0 Å². The van der Waals surface area contributed by atoms with Gasteiger partial charge >= 0.3 is 0 Å². The summed E-state index contributed by atoms with van der Waals surface area (Å²) in [5, 5.41) is 7.94. The van der Waals surface area contributed by atoms with Crippen LogP contribution >= 0.6 is 0 Å². The summed E-state index contributed by atoms with van der Waals surface area (Å²) < 4.78 is 8.98. The van der Waals surface area contributed by atoms with Crippen molar-refractivity contribution in [3.05, 3.63) is 198 Å². The third-order valence-corrected chi connectivity index (χ3v) is 11.9. The Bertz CT molecular complexity index is 3540. The van der Waals surface area contributed by atoms with Gasteiger partial charge in [-0.15, -0.1) is 0 Å². The third kappa shape index (κ3) is 5.15. The number of para-hydroxylation sites is 2. The fourth-order valence-electron chi connectivity index (χ4n) is 9.19. The SMILES string of the molecule is C1=c2oc3cccc(-c4nc(-c5cccc(-c6ccccc6)c5)c5ccc6ccccc6c5n4)c3c2=CC(c2ccc3c(c2)c2ccccc2n3-c2ccccc2)C1. The number of nitrogens with zero attached hydrogens (tertiary/aromatic N) is 3. The minimum atomic E-state index is 0.169. The van der Waals surface area contributed by atoms with Crippen molar-refractivity contribution in [2.75, 3.05) is 0 Å². The van der Waals surface area contributed by atoms with Crippen LogP contribution in [0.5, 0.6) is 0 Å². The topological polar surface area (TPSA) is 43.9 Å². The summed E-state index contributed by atoms with van der Waals surface area (Å²) in [7, 11) is 0. The van der Waals surface area contributed by atoms with E-state index in [4.69, 9.17) is 14.4 Å². The summed E-state index contributed by atoms with van der Waals surface area (Å²) in [6.45, 7) is 0. The molecule has 4 heteroatoms. The Kier molecular flexibility index (Phi) is 7.32. The Morgan fingerprint density at radius 2 is 1.28 bits per heavy atom. The lowest BCUT2D eigenvalue weighted by Crippen LogP contribution is -2.25. The van der Waals surface area contributed by atoms with E-state index in [0.717, 1.165) is 77.8 Å². The van der Waals surface area contributed by atoms with Gasteiger partial charge in [0.25, 0.3) is 0 Å². The largest absolute Gasteiger partial charge is 0.456 e. The molecule has 0 fully saturated rings. The zero-order valence-electron chi connectivity index (χ0n) is 31.5. The minimum absolute atomic E-state index is 0.169. The number of aromatic nitrogens is 3. The Labute approximate surface area is 334 Å². The van der Waals surface area contributed by atoms with Crippen molar-refractivity contribution in [1.29, 1.82) is 0 Å². The van der Waals surface area contributed by atoms with Crippen LogP contribution < -0.4 is 10.6 Å². The standard InChI is InChI=1S/C54H35N3O/c1-3-13-34(14-4-1)36-16-11-17-39(31-36)52-44-28-25-35-15-7-8-20-41(35)53(44)56-54(55-52)43-22-12-24-50-51(43)46-33-38(27-30-49(46)58-50)37-26-29-48-45(32-37)42-21-9-10-23-47(42)57(48)40-18-5-2-6-19-40/h1-26,28-33,38H,27H2. The summed E-state index contributed by atoms with van der Waals surface area (Å²) in [5.41, 5.74) is 12.8. The van der Waals surface area contributed by atoms with Crippen LogP contribution in [0.3, 0.4) is 0 Å². The molecule has 0 spiro atoms. The van der Waals surface area contributed by atoms with E-state index >= 15 is 0 Å². The Morgan fingerprint density at radius 1 is 0.534 bits per heavy atom. The molecule has 8 aromatic carbocycles. The van der Waals surface area contributed by atoms with Crippen LogP contribution in [0.1, 0.15) is 17.9 Å². The molecule has 0 radical (unpaired) electrons. The second-order valence-electron chi connectivity index (χ2n) is 15.3. The van der Waals surface area contributed by atoms with Gasteiger partial charge in [0.2, 0.25) is 0 Å². The molecule has 3 aromatic heterocycles. The second kappa shape index (κ2) is 13.0. The van der Waals surface area contributed by atoms with E-state index in [9.17, 15) is 0 Å². The Balaban J connectivity index is 1.05. The Hall–Kier alpha value is -7.56. The van der Waals surface area contributed by atoms with Gasteiger partial charge in [-0.3, -0.25) is 0 Å². The first-order valence-electron chi connectivity index (χ1n) is 19.9. The van der Waals surface area contributed by atoms with E-state index in [1.54, 1.807) is 0 Å². The number of benzene rings is 8. The molecule has 272 valence electrons. The third-order valence-electron chi connectivity index (χ3n) is 11.9. The summed E-state index contributed by atoms with van der Waals surface area (Å²) in [6.07, 6.45) is 5.52. The first-order valence-corrected chi connectivity index (χ1v) is 19.9. The molecular formula is C54H35N3O. The molecule has 1 aliphatic carbocycles. The van der Waals surface area contributed by atoms with Gasteiger partial charge in [0.1, 0.15) is 11.0 Å². The molecular weight excluding hydrogens is 707 g/mol. The van der Waals surface area contributed by atoms with Crippen molar-refractivity contribution in [2.24, 2.45) is 0 Å². The first-order chi connectivity index (χ1) is 28.7. The van der Waals surface area contributed by atoms with Gasteiger partial charge in [0, 0.05) is 54.9 Å². The van der Waals surface area contributed by atoms with E-state index in [2.05, 4.69) is 199 Å². The number of rotatable bonds is 5. The highest BCUT2D eigenvalue weighted by atomic mass is 16.3. The number of fused-ring (bicyclic) bond motifs is 9. The van der Waals surface area contributed by atoms with Crippen molar-refractivity contribution in [2.45, 2.75) is 12.3 Å². The van der Waals surface area contributed by atoms with Crippen LogP contribution in [0.15, 0.2) is 186 Å². The Morgan fingerprint density at radius 3 is 2.17 bits per heavy atom. The maximum atomic E-state index is 6.61. The predicted molar refractivity (Wildman–Crippen MR) is 239 cm³/mol. The average molecular weight is 742 g/mol. The molecule has 4 nitrogen and oxygen atoms in total. The molecule has 12 rings (SSSR count). The number of hydrogen-bond donors (Lipinski definition) is 0. The normalized spacial score (nSPS) is 13.9. The summed E-state index contributed by atoms with van der Waals surface area (Å²) in [4.78, 5) is 10.9. The van der Waals surface area contributed by atoms with Crippen LogP contribution in [0.25, 0.3) is 106 Å². The van der Waals surface area contributed by atoms with Crippen LogP contribution in [0.4, 0.5) is 0 Å². The van der Waals surface area contributed by atoms with Gasteiger partial charge in [-0.2, -0.15) is 0 Å². The second-order valence-corrected chi connectivity index (χ2v) is 15.3. The van der Waals surface area contributed by atoms with Gasteiger partial charge < -0.3 is 8.98 Å². The average Bonchev–Trinajstić information content (AvgIpc) is 3.84. The quantitative estimate of drug-likeness (QED) is 0.165. The maximum absolute atomic E-state index is 6.61. The molecule has 1 aliphatic rings. The van der Waals surface area contributed by atoms with E-state index in [1.165, 1.54) is 32.9 Å². The number of furan rings is 1. The van der Waals surface area contributed by atoms with Crippen LogP contribution in [0.2, 0.25) is 0 Å². The van der Waals surface area contributed by atoms with Gasteiger partial charge in [-0.1, -0.05) is 140 Å². The lowest BCUT2D eigenvalue weighted by molar-refractivity contribution is 0.570. The molecule has 0 saturated heterocycles. The van der Waals surface area contributed by atoms with E-state index in [1.807, 2.05) is 0 Å². The maximum Gasteiger partial charge on any atom is 0.161 e. The predicted octanol–water partition coefficient (Wildman–Crippen LogP) is 12.4. The highest BCUT2D eigenvalue weighted by Gasteiger charge is 2.21. The summed E-state index contributed by atoms with van der Waals surface area (Å²) in [6, 6.07) is 64.7. The molecule has 0 saturated carbocycles. The van der Waals surface area contributed by atoms with Crippen molar-refractivity contribution < 1.29 is 4.42 Å². The van der Waals surface area contributed by atoms with E-state index < -0.39 is 0 Å². The van der Waals surface area contributed by atoms with Crippen LogP contribution in [-0.4, -0.2) is 14.5 Å². The fraction of sp³-hybridized carbons (Fsp3) is 0.0370. The molecule has 1 unspecified atom stereocenters. The molecule has 3 heterocycles. The molecule has 1 atom stereocenters. The lowest BCUT2D eigenvalue weighted by Gasteiger charge is -2.15. The van der Waals surface area contributed by atoms with Gasteiger partial charge in [0.05, 0.1) is 22.2 Å². The summed E-state index contributed by atoms with van der Waals surface area (Å²) in [5.74, 6) is 0.853. The van der Waals surface area contributed by atoms with Crippen molar-refractivity contribution in [3.63, 3.8) is 0 Å². The first kappa shape index (κ1) is 32.7. The molecule has 0 bridgehead atoms. The highest BCUT2D eigenvalue weighted by Crippen LogP contribution is 2.38. The smallest absolute Gasteiger partial charge is 0.161 e. The molecule has 0 N–H and O–H groups in total. The molecule has 0 aliphatic heterocycles. The lowest BCUT2D eigenvalue weighted by atomic mass is 9.90. The van der Waals surface area contributed by atoms with Gasteiger partial charge in [-0.05, 0) is 83.1 Å². The van der Waals surface area contributed by atoms with Crippen molar-refractivity contribution >= 4 is 66.6 Å². The zero-order chi connectivity index (χ0) is 38.2. The molecule has 11 aromatic rings. The summed E-state index contributed by atoms with van der Waals surface area (Å²) >= 11 is 0. The van der Waals surface area contributed by atoms with Crippen molar-refractivity contribution in [3.8, 4) is 39.5 Å². The highest BCUT2D eigenvalue weighted by molar-refractivity contribution is 6.11. The van der Waals surface area contributed by atoms with Gasteiger partial charge in [-0.25, -0.2) is 9.97 Å². The number of hydrogen-bond acceptors (Lipinski definition) is 3. The molecule has 58 heavy (non-hydrogen) atoms. The van der Waals surface area contributed by atoms with E-state index in [0.29, 0.717) is 5.82 Å².